The molecule has 0 aliphatic rings. The smallest absolute Gasteiger partial charge is 0.344 e. The summed E-state index contributed by atoms with van der Waals surface area (Å²) in [5.74, 6) is -0.822. The van der Waals surface area contributed by atoms with Crippen molar-refractivity contribution in [3.05, 3.63) is 67.0 Å². The summed E-state index contributed by atoms with van der Waals surface area (Å²) in [5.41, 5.74) is -2.11. The van der Waals surface area contributed by atoms with Crippen molar-refractivity contribution in [2.24, 2.45) is 0 Å². The van der Waals surface area contributed by atoms with Gasteiger partial charge in [0.2, 0.25) is 5.43 Å². The first-order valence-electron chi connectivity index (χ1n) is 7.71. The molecule has 0 unspecified atom stereocenters. The van der Waals surface area contributed by atoms with Gasteiger partial charge in [-0.25, -0.2) is 14.2 Å². The molecule has 0 radical (unpaired) electrons. The van der Waals surface area contributed by atoms with Crippen molar-refractivity contribution in [2.75, 3.05) is 12.9 Å². The highest BCUT2D eigenvalue weighted by Crippen LogP contribution is 2.19. The van der Waals surface area contributed by atoms with Crippen LogP contribution in [0.2, 0.25) is 0 Å². The molecule has 2 aromatic heterocycles. The Morgan fingerprint density at radius 2 is 1.85 bits per heavy atom. The predicted molar refractivity (Wildman–Crippen MR) is 98.5 cm³/mol. The van der Waals surface area contributed by atoms with E-state index in [9.17, 15) is 19.2 Å². The highest BCUT2D eigenvalue weighted by Gasteiger charge is 2.23. The van der Waals surface area contributed by atoms with Crippen LogP contribution in [-0.4, -0.2) is 33.4 Å². The second-order valence-electron chi connectivity index (χ2n) is 5.24. The molecule has 3 rings (SSSR count). The van der Waals surface area contributed by atoms with Gasteiger partial charge in [-0.2, -0.15) is 0 Å². The monoisotopic (exact) mass is 373 g/mol. The third-order valence-corrected chi connectivity index (χ3v) is 4.44. The van der Waals surface area contributed by atoms with Crippen LogP contribution in [0.25, 0.3) is 16.7 Å². The van der Waals surface area contributed by atoms with E-state index in [-0.39, 0.29) is 28.2 Å². The number of benzene rings is 1. The topological polar surface area (TPSA) is 114 Å². The van der Waals surface area contributed by atoms with E-state index >= 15 is 0 Å². The molecule has 2 heterocycles. The van der Waals surface area contributed by atoms with Gasteiger partial charge in [0.25, 0.3) is 5.56 Å². The van der Waals surface area contributed by atoms with E-state index in [1.165, 1.54) is 4.57 Å². The van der Waals surface area contributed by atoms with Gasteiger partial charge in [-0.15, -0.1) is 11.8 Å². The molecule has 0 fully saturated rings. The quantitative estimate of drug-likeness (QED) is 0.526. The van der Waals surface area contributed by atoms with Crippen molar-refractivity contribution in [1.29, 1.82) is 0 Å². The number of rotatable bonds is 4. The van der Waals surface area contributed by atoms with E-state index in [4.69, 9.17) is 4.74 Å². The molecule has 0 spiro atoms. The van der Waals surface area contributed by atoms with Crippen molar-refractivity contribution >= 4 is 28.8 Å². The minimum absolute atomic E-state index is 0.0207. The van der Waals surface area contributed by atoms with E-state index in [1.54, 1.807) is 43.5 Å². The van der Waals surface area contributed by atoms with Gasteiger partial charge >= 0.3 is 11.7 Å². The maximum absolute atomic E-state index is 12.9. The van der Waals surface area contributed by atoms with Crippen LogP contribution in [0.3, 0.4) is 0 Å². The van der Waals surface area contributed by atoms with E-state index in [1.807, 2.05) is 0 Å². The lowest BCUT2D eigenvalue weighted by Gasteiger charge is -2.12. The summed E-state index contributed by atoms with van der Waals surface area (Å²) in [7, 11) is 0. The third kappa shape index (κ3) is 2.86. The van der Waals surface area contributed by atoms with Crippen LogP contribution in [0.5, 0.6) is 0 Å². The standard InChI is InChI=1S/C17H15N3O5S/c1-3-25-16(23)11-12(21)10-13(18-15(11)26-2)20(17(24)19-14(10)22)9-7-5-4-6-8-9/h4-8H,3H2,1-2H3,(H,18,21)(H,19,22,24). The summed E-state index contributed by atoms with van der Waals surface area (Å²) in [6.45, 7) is 1.70. The lowest BCUT2D eigenvalue weighted by molar-refractivity contribution is 0.0520. The Balaban J connectivity index is 2.49. The van der Waals surface area contributed by atoms with Crippen LogP contribution in [0, 0.1) is 0 Å². The average Bonchev–Trinajstić information content (AvgIpc) is 2.61. The lowest BCUT2D eigenvalue weighted by atomic mass is 10.2. The second-order valence-corrected chi connectivity index (χ2v) is 6.05. The van der Waals surface area contributed by atoms with E-state index in [0.717, 1.165) is 11.8 Å². The first-order chi connectivity index (χ1) is 12.5. The number of para-hydroxylation sites is 1. The maximum atomic E-state index is 12.9. The third-order valence-electron chi connectivity index (χ3n) is 3.72. The first kappa shape index (κ1) is 17.7. The number of fused-ring (bicyclic) bond motifs is 1. The summed E-state index contributed by atoms with van der Waals surface area (Å²) in [4.78, 5) is 54.7. The number of ether oxygens (including phenoxy) is 1. The van der Waals surface area contributed by atoms with Gasteiger partial charge < -0.3 is 9.72 Å². The minimum atomic E-state index is -0.864. The number of esters is 1. The molecule has 0 saturated heterocycles. The zero-order valence-corrected chi connectivity index (χ0v) is 14.8. The van der Waals surface area contributed by atoms with Gasteiger partial charge in [-0.3, -0.25) is 14.6 Å². The summed E-state index contributed by atoms with van der Waals surface area (Å²) < 4.78 is 6.11. The van der Waals surface area contributed by atoms with Crippen LogP contribution >= 0.6 is 11.8 Å². The summed E-state index contributed by atoms with van der Waals surface area (Å²) >= 11 is 1.11. The molecule has 0 bridgehead atoms. The second kappa shape index (κ2) is 7.04. The molecule has 0 amide bonds. The molecular weight excluding hydrogens is 358 g/mol. The number of H-pyrrole nitrogens is 2. The van der Waals surface area contributed by atoms with Crippen LogP contribution in [0.4, 0.5) is 0 Å². The number of carbonyl (C=O) groups excluding carboxylic acids is 1. The Labute approximate surface area is 150 Å². The molecule has 9 heteroatoms. The van der Waals surface area contributed by atoms with Crippen molar-refractivity contribution < 1.29 is 9.53 Å². The number of nitrogens with one attached hydrogen (secondary N) is 2. The fraction of sp³-hybridized carbons (Fsp3) is 0.176. The number of nitrogens with zero attached hydrogens (tertiary/aromatic N) is 1. The molecule has 3 aromatic rings. The van der Waals surface area contributed by atoms with Gasteiger partial charge in [0.05, 0.1) is 17.3 Å². The van der Waals surface area contributed by atoms with Crippen molar-refractivity contribution in [3.8, 4) is 5.69 Å². The molecule has 26 heavy (non-hydrogen) atoms. The Hall–Kier alpha value is -3.07. The number of pyridine rings is 1. The minimum Gasteiger partial charge on any atom is -0.462 e. The number of hydrogen-bond acceptors (Lipinski definition) is 6. The van der Waals surface area contributed by atoms with Crippen molar-refractivity contribution in [3.63, 3.8) is 0 Å². The van der Waals surface area contributed by atoms with Crippen molar-refractivity contribution in [2.45, 2.75) is 11.9 Å². The van der Waals surface area contributed by atoms with Gasteiger partial charge in [0, 0.05) is 0 Å². The van der Waals surface area contributed by atoms with Gasteiger partial charge in [-0.1, -0.05) is 18.2 Å². The molecule has 0 saturated carbocycles. The Kier molecular flexibility index (Phi) is 4.81. The lowest BCUT2D eigenvalue weighted by Crippen LogP contribution is -2.34. The Morgan fingerprint density at radius 1 is 1.15 bits per heavy atom. The highest BCUT2D eigenvalue weighted by atomic mass is 32.2. The van der Waals surface area contributed by atoms with Crippen LogP contribution in [0.15, 0.2) is 49.7 Å². The molecule has 2 N–H and O–H groups in total. The zero-order chi connectivity index (χ0) is 18.8. The Morgan fingerprint density at radius 3 is 2.46 bits per heavy atom. The van der Waals surface area contributed by atoms with Gasteiger partial charge in [0.1, 0.15) is 16.6 Å². The number of hydrogen-bond donors (Lipinski definition) is 2. The average molecular weight is 373 g/mol. The highest BCUT2D eigenvalue weighted by molar-refractivity contribution is 7.98. The number of aromatic nitrogens is 3. The van der Waals surface area contributed by atoms with Crippen LogP contribution in [-0.2, 0) is 4.74 Å². The van der Waals surface area contributed by atoms with Crippen LogP contribution in [0.1, 0.15) is 17.3 Å². The first-order valence-corrected chi connectivity index (χ1v) is 8.94. The van der Waals surface area contributed by atoms with Gasteiger partial charge in [-0.05, 0) is 25.3 Å². The normalized spacial score (nSPS) is 10.8. The van der Waals surface area contributed by atoms with Gasteiger partial charge in [0.15, 0.2) is 0 Å². The van der Waals surface area contributed by atoms with E-state index in [2.05, 4.69) is 9.97 Å². The molecule has 0 aliphatic carbocycles. The molecule has 134 valence electrons. The fourth-order valence-electron chi connectivity index (χ4n) is 2.63. The number of carbonyl (C=O) groups is 1. The largest absolute Gasteiger partial charge is 0.462 e. The molecule has 0 atom stereocenters. The summed E-state index contributed by atoms with van der Waals surface area (Å²) in [6.07, 6.45) is 1.66. The Bertz CT molecular complexity index is 1160. The molecule has 8 nitrogen and oxygen atoms in total. The molecule has 1 aromatic carbocycles. The zero-order valence-electron chi connectivity index (χ0n) is 14.0. The summed E-state index contributed by atoms with van der Waals surface area (Å²) in [6, 6.07) is 8.54. The fourth-order valence-corrected chi connectivity index (χ4v) is 3.21. The molecular formula is C17H15N3O5S. The number of aromatic amines is 2. The molecule has 0 aliphatic heterocycles. The van der Waals surface area contributed by atoms with E-state index in [0.29, 0.717) is 5.69 Å². The predicted octanol–water partition coefficient (Wildman–Crippen LogP) is 1.27. The number of thioether (sulfide) groups is 1. The summed E-state index contributed by atoms with van der Waals surface area (Å²) in [5, 5.41) is -0.0927. The maximum Gasteiger partial charge on any atom is 0.344 e. The van der Waals surface area contributed by atoms with Crippen molar-refractivity contribution in [1.82, 2.24) is 14.5 Å². The van der Waals surface area contributed by atoms with E-state index < -0.39 is 22.6 Å². The SMILES string of the molecule is CCOC(=O)c1c(SC)[nH]c2c(c(=O)[nH]c(=O)n2-c2ccccc2)c1=O. The van der Waals surface area contributed by atoms with Crippen LogP contribution < -0.4 is 16.7 Å².